The van der Waals surface area contributed by atoms with Crippen molar-refractivity contribution in [2.24, 2.45) is 0 Å². The van der Waals surface area contributed by atoms with E-state index in [4.69, 9.17) is 4.74 Å². The Hall–Kier alpha value is -3.02. The third-order valence-electron chi connectivity index (χ3n) is 3.60. The quantitative estimate of drug-likeness (QED) is 0.530. The Morgan fingerprint density at radius 2 is 1.76 bits per heavy atom. The van der Waals surface area contributed by atoms with Crippen molar-refractivity contribution in [3.63, 3.8) is 0 Å². The van der Waals surface area contributed by atoms with E-state index in [0.29, 0.717) is 23.3 Å². The maximum Gasteiger partial charge on any atom is 0.360 e. The zero-order chi connectivity index (χ0) is 17.6. The van der Waals surface area contributed by atoms with Gasteiger partial charge in [0.2, 0.25) is 0 Å². The Morgan fingerprint density at radius 3 is 2.44 bits per heavy atom. The summed E-state index contributed by atoms with van der Waals surface area (Å²) in [5.41, 5.74) is 1.97. The van der Waals surface area contributed by atoms with E-state index < -0.39 is 5.97 Å². The zero-order valence-corrected chi connectivity index (χ0v) is 13.8. The molecule has 0 atom stereocenters. The van der Waals surface area contributed by atoms with E-state index >= 15 is 0 Å². The van der Waals surface area contributed by atoms with Crippen molar-refractivity contribution >= 4 is 28.5 Å². The summed E-state index contributed by atoms with van der Waals surface area (Å²) < 4.78 is 18.4. The van der Waals surface area contributed by atoms with Gasteiger partial charge in [0.25, 0.3) is 0 Å². The summed E-state index contributed by atoms with van der Waals surface area (Å²) in [6.07, 6.45) is 1.71. The number of ether oxygens (including phenoxy) is 1. The Morgan fingerprint density at radius 1 is 1.08 bits per heavy atom. The minimum Gasteiger partial charge on any atom is -0.461 e. The third kappa shape index (κ3) is 4.09. The molecule has 1 heterocycles. The molecule has 0 radical (unpaired) electrons. The number of benzene rings is 2. The Bertz CT molecular complexity index is 881. The number of carbonyl (C=O) groups is 1. The SMILES string of the molecule is CCCCOC(=O)c1nc2ccccc2nc1Nc1ccc(F)cc1. The Balaban J connectivity index is 1.96. The predicted octanol–water partition coefficient (Wildman–Crippen LogP) is 4.47. The fourth-order valence-electron chi connectivity index (χ4n) is 2.28. The first-order valence-electron chi connectivity index (χ1n) is 8.14. The Labute approximate surface area is 144 Å². The number of esters is 1. The van der Waals surface area contributed by atoms with Crippen LogP contribution in [0.15, 0.2) is 48.5 Å². The fourth-order valence-corrected chi connectivity index (χ4v) is 2.28. The summed E-state index contributed by atoms with van der Waals surface area (Å²) in [5, 5.41) is 3.02. The second-order valence-corrected chi connectivity index (χ2v) is 5.53. The van der Waals surface area contributed by atoms with Gasteiger partial charge < -0.3 is 10.1 Å². The van der Waals surface area contributed by atoms with Gasteiger partial charge in [-0.1, -0.05) is 25.5 Å². The van der Waals surface area contributed by atoms with Crippen LogP contribution in [-0.2, 0) is 4.74 Å². The van der Waals surface area contributed by atoms with Gasteiger partial charge >= 0.3 is 5.97 Å². The summed E-state index contributed by atoms with van der Waals surface area (Å²) in [7, 11) is 0. The molecule has 5 nitrogen and oxygen atoms in total. The lowest BCUT2D eigenvalue weighted by atomic mass is 10.2. The predicted molar refractivity (Wildman–Crippen MR) is 94.4 cm³/mol. The summed E-state index contributed by atoms with van der Waals surface area (Å²) in [4.78, 5) is 21.3. The van der Waals surface area contributed by atoms with Gasteiger partial charge in [0.15, 0.2) is 11.5 Å². The van der Waals surface area contributed by atoms with E-state index in [1.54, 1.807) is 18.2 Å². The van der Waals surface area contributed by atoms with Crippen LogP contribution in [0, 0.1) is 5.82 Å². The molecule has 0 saturated heterocycles. The molecule has 0 unspecified atom stereocenters. The molecule has 0 aliphatic carbocycles. The minimum atomic E-state index is -0.531. The van der Waals surface area contributed by atoms with Crippen molar-refractivity contribution in [1.82, 2.24) is 9.97 Å². The number of para-hydroxylation sites is 2. The molecule has 3 aromatic rings. The van der Waals surface area contributed by atoms with Gasteiger partial charge in [0.1, 0.15) is 5.82 Å². The molecule has 128 valence electrons. The molecule has 0 aliphatic heterocycles. The number of hydrogen-bond donors (Lipinski definition) is 1. The monoisotopic (exact) mass is 339 g/mol. The number of rotatable bonds is 6. The third-order valence-corrected chi connectivity index (χ3v) is 3.60. The van der Waals surface area contributed by atoms with Crippen LogP contribution in [0.5, 0.6) is 0 Å². The van der Waals surface area contributed by atoms with Crippen molar-refractivity contribution < 1.29 is 13.9 Å². The summed E-state index contributed by atoms with van der Waals surface area (Å²) >= 11 is 0. The standard InChI is InChI=1S/C19H18FN3O2/c1-2-3-12-25-19(24)17-18(21-14-10-8-13(20)9-11-14)23-16-7-5-4-6-15(16)22-17/h4-11H,2-3,12H2,1H3,(H,21,23). The molecule has 2 aromatic carbocycles. The van der Waals surface area contributed by atoms with E-state index in [2.05, 4.69) is 15.3 Å². The molecule has 25 heavy (non-hydrogen) atoms. The van der Waals surface area contributed by atoms with E-state index in [0.717, 1.165) is 12.8 Å². The van der Waals surface area contributed by atoms with Crippen molar-refractivity contribution in [3.05, 3.63) is 60.0 Å². The largest absolute Gasteiger partial charge is 0.461 e. The molecule has 3 rings (SSSR count). The first-order valence-corrected chi connectivity index (χ1v) is 8.14. The molecule has 0 bridgehead atoms. The topological polar surface area (TPSA) is 64.1 Å². The number of nitrogens with zero attached hydrogens (tertiary/aromatic N) is 2. The lowest BCUT2D eigenvalue weighted by Crippen LogP contribution is -2.13. The first kappa shape index (κ1) is 16.8. The van der Waals surface area contributed by atoms with Crippen LogP contribution in [0.4, 0.5) is 15.9 Å². The van der Waals surface area contributed by atoms with E-state index in [1.165, 1.54) is 12.1 Å². The van der Waals surface area contributed by atoms with Gasteiger partial charge in [-0.2, -0.15) is 0 Å². The molecule has 1 N–H and O–H groups in total. The van der Waals surface area contributed by atoms with Crippen molar-refractivity contribution in [2.45, 2.75) is 19.8 Å². The van der Waals surface area contributed by atoms with E-state index in [-0.39, 0.29) is 17.3 Å². The lowest BCUT2D eigenvalue weighted by molar-refractivity contribution is 0.0494. The number of halogens is 1. The van der Waals surface area contributed by atoms with E-state index in [1.807, 2.05) is 25.1 Å². The van der Waals surface area contributed by atoms with Crippen LogP contribution in [0.25, 0.3) is 11.0 Å². The molecule has 0 amide bonds. The minimum absolute atomic E-state index is 0.110. The number of carbonyl (C=O) groups excluding carboxylic acids is 1. The smallest absolute Gasteiger partial charge is 0.360 e. The van der Waals surface area contributed by atoms with Crippen LogP contribution in [0.2, 0.25) is 0 Å². The molecular formula is C19H18FN3O2. The highest BCUT2D eigenvalue weighted by atomic mass is 19.1. The van der Waals surface area contributed by atoms with Crippen LogP contribution in [-0.4, -0.2) is 22.5 Å². The van der Waals surface area contributed by atoms with Crippen LogP contribution in [0.1, 0.15) is 30.3 Å². The van der Waals surface area contributed by atoms with Crippen molar-refractivity contribution in [1.29, 1.82) is 0 Å². The summed E-state index contributed by atoms with van der Waals surface area (Å²) in [5.74, 6) is -0.586. The zero-order valence-electron chi connectivity index (χ0n) is 13.8. The molecule has 0 spiro atoms. The number of fused-ring (bicyclic) bond motifs is 1. The summed E-state index contributed by atoms with van der Waals surface area (Å²) in [6.45, 7) is 2.35. The van der Waals surface area contributed by atoms with Crippen LogP contribution >= 0.6 is 0 Å². The molecule has 0 aliphatic rings. The highest BCUT2D eigenvalue weighted by Crippen LogP contribution is 2.22. The number of nitrogens with one attached hydrogen (secondary N) is 1. The molecule has 0 saturated carbocycles. The van der Waals surface area contributed by atoms with Gasteiger partial charge in [-0.05, 0) is 42.8 Å². The normalized spacial score (nSPS) is 10.6. The molecule has 0 fully saturated rings. The van der Waals surface area contributed by atoms with Gasteiger partial charge in [0, 0.05) is 5.69 Å². The first-order chi connectivity index (χ1) is 12.2. The molecule has 6 heteroatoms. The van der Waals surface area contributed by atoms with Gasteiger partial charge in [-0.15, -0.1) is 0 Å². The van der Waals surface area contributed by atoms with Gasteiger partial charge in [0.05, 0.1) is 17.6 Å². The summed E-state index contributed by atoms with van der Waals surface area (Å²) in [6, 6.07) is 13.1. The number of anilines is 2. The molecular weight excluding hydrogens is 321 g/mol. The lowest BCUT2D eigenvalue weighted by Gasteiger charge is -2.11. The van der Waals surface area contributed by atoms with Crippen molar-refractivity contribution in [2.75, 3.05) is 11.9 Å². The second kappa shape index (κ2) is 7.70. The second-order valence-electron chi connectivity index (χ2n) is 5.53. The highest BCUT2D eigenvalue weighted by molar-refractivity contribution is 5.96. The molecule has 1 aromatic heterocycles. The Kier molecular flexibility index (Phi) is 5.18. The number of unbranched alkanes of at least 4 members (excludes halogenated alkanes) is 1. The maximum atomic E-state index is 13.1. The maximum absolute atomic E-state index is 13.1. The van der Waals surface area contributed by atoms with Crippen LogP contribution < -0.4 is 5.32 Å². The van der Waals surface area contributed by atoms with E-state index in [9.17, 15) is 9.18 Å². The van der Waals surface area contributed by atoms with Crippen LogP contribution in [0.3, 0.4) is 0 Å². The van der Waals surface area contributed by atoms with Gasteiger partial charge in [-0.25, -0.2) is 19.2 Å². The van der Waals surface area contributed by atoms with Crippen molar-refractivity contribution in [3.8, 4) is 0 Å². The van der Waals surface area contributed by atoms with Gasteiger partial charge in [-0.3, -0.25) is 0 Å². The average molecular weight is 339 g/mol. The highest BCUT2D eigenvalue weighted by Gasteiger charge is 2.18. The number of hydrogen-bond acceptors (Lipinski definition) is 5. The average Bonchev–Trinajstić information content (AvgIpc) is 2.63. The number of aromatic nitrogens is 2. The fraction of sp³-hybridized carbons (Fsp3) is 0.211.